The predicted octanol–water partition coefficient (Wildman–Crippen LogP) is 3.99. The molecule has 0 aromatic heterocycles. The zero-order valence-corrected chi connectivity index (χ0v) is 18.7. The van der Waals surface area contributed by atoms with E-state index < -0.39 is 23.5 Å². The summed E-state index contributed by atoms with van der Waals surface area (Å²) in [5.41, 5.74) is 0.977. The lowest BCUT2D eigenvalue weighted by Crippen LogP contribution is -2.38. The molecule has 0 bridgehead atoms. The monoisotopic (exact) mass is 440 g/mol. The van der Waals surface area contributed by atoms with Gasteiger partial charge in [0.2, 0.25) is 0 Å². The maximum Gasteiger partial charge on any atom is 0.295 e. The van der Waals surface area contributed by atoms with Crippen molar-refractivity contribution in [3.8, 4) is 5.75 Å². The van der Waals surface area contributed by atoms with Crippen molar-refractivity contribution in [1.82, 2.24) is 9.80 Å². The van der Waals surface area contributed by atoms with E-state index in [1.165, 1.54) is 29.2 Å². The quantitative estimate of drug-likeness (QED) is 0.363. The largest absolute Gasteiger partial charge is 0.507 e. The minimum atomic E-state index is -0.745. The molecule has 1 N–H and O–H groups in total. The molecule has 0 radical (unpaired) electrons. The molecule has 1 amide bonds. The number of rotatable bonds is 9. The van der Waals surface area contributed by atoms with E-state index in [1.807, 2.05) is 20.8 Å². The first kappa shape index (κ1) is 23.5. The highest BCUT2D eigenvalue weighted by molar-refractivity contribution is 6.46. The molecule has 0 aliphatic carbocycles. The van der Waals surface area contributed by atoms with Gasteiger partial charge in [-0.2, -0.15) is 0 Å². The van der Waals surface area contributed by atoms with Crippen molar-refractivity contribution in [2.24, 2.45) is 0 Å². The Balaban J connectivity index is 2.06. The van der Waals surface area contributed by atoms with Gasteiger partial charge in [0.05, 0.1) is 18.2 Å². The first-order valence-electron chi connectivity index (χ1n) is 10.9. The number of hydrogen-bond donors (Lipinski definition) is 1. The van der Waals surface area contributed by atoms with Crippen molar-refractivity contribution in [2.75, 3.05) is 32.8 Å². The highest BCUT2D eigenvalue weighted by Crippen LogP contribution is 2.39. The molecule has 1 aliphatic rings. The van der Waals surface area contributed by atoms with Crippen molar-refractivity contribution in [2.45, 2.75) is 26.8 Å². The molecule has 1 aliphatic heterocycles. The van der Waals surface area contributed by atoms with Crippen molar-refractivity contribution < 1.29 is 23.8 Å². The zero-order chi connectivity index (χ0) is 23.3. The lowest BCUT2D eigenvalue weighted by molar-refractivity contribution is -0.140. The molecule has 32 heavy (non-hydrogen) atoms. The number of hydrogen-bond acceptors (Lipinski definition) is 5. The number of Topliss-reactive ketones (excluding diaryl/α,β-unsaturated/α-hetero) is 1. The lowest BCUT2D eigenvalue weighted by Gasteiger charge is -2.28. The Hall–Kier alpha value is -3.19. The van der Waals surface area contributed by atoms with E-state index in [0.717, 1.165) is 13.1 Å². The van der Waals surface area contributed by atoms with Gasteiger partial charge in [-0.15, -0.1) is 0 Å². The minimum Gasteiger partial charge on any atom is -0.507 e. The Kier molecular flexibility index (Phi) is 7.64. The molecule has 2 aromatic rings. The third kappa shape index (κ3) is 4.83. The molecular weight excluding hydrogens is 411 g/mol. The molecule has 1 saturated heterocycles. The summed E-state index contributed by atoms with van der Waals surface area (Å²) in [5.74, 6) is -1.49. The predicted molar refractivity (Wildman–Crippen MR) is 121 cm³/mol. The average Bonchev–Trinajstić information content (AvgIpc) is 3.05. The van der Waals surface area contributed by atoms with E-state index in [2.05, 4.69) is 4.90 Å². The number of aliphatic hydroxyl groups excluding tert-OH is 1. The summed E-state index contributed by atoms with van der Waals surface area (Å²) in [5, 5.41) is 11.0. The second-order valence-electron chi connectivity index (χ2n) is 7.53. The Labute approximate surface area is 187 Å². The highest BCUT2D eigenvalue weighted by atomic mass is 19.1. The van der Waals surface area contributed by atoms with Crippen molar-refractivity contribution in [1.29, 1.82) is 0 Å². The van der Waals surface area contributed by atoms with Crippen LogP contribution in [0.2, 0.25) is 0 Å². The molecule has 1 fully saturated rings. The fraction of sp³-hybridized carbons (Fsp3) is 0.360. The summed E-state index contributed by atoms with van der Waals surface area (Å²) >= 11 is 0. The molecule has 1 unspecified atom stereocenters. The molecule has 1 heterocycles. The Bertz CT molecular complexity index is 982. The number of nitrogens with zero attached hydrogens (tertiary/aromatic N) is 2. The van der Waals surface area contributed by atoms with Crippen LogP contribution in [0.1, 0.15) is 37.9 Å². The average molecular weight is 441 g/mol. The number of benzene rings is 2. The number of amides is 1. The van der Waals surface area contributed by atoms with Crippen molar-refractivity contribution >= 4 is 17.4 Å². The smallest absolute Gasteiger partial charge is 0.295 e. The van der Waals surface area contributed by atoms with E-state index >= 15 is 0 Å². The fourth-order valence-electron chi connectivity index (χ4n) is 3.92. The van der Waals surface area contributed by atoms with Gasteiger partial charge in [-0.1, -0.05) is 26.0 Å². The van der Waals surface area contributed by atoms with Crippen molar-refractivity contribution in [3.05, 3.63) is 71.0 Å². The first-order chi connectivity index (χ1) is 15.4. The summed E-state index contributed by atoms with van der Waals surface area (Å²) in [6.07, 6.45) is 0. The fourth-order valence-corrected chi connectivity index (χ4v) is 3.92. The molecular formula is C25H29FN2O4. The third-order valence-electron chi connectivity index (χ3n) is 5.72. The van der Waals surface area contributed by atoms with Gasteiger partial charge in [0, 0.05) is 18.7 Å². The van der Waals surface area contributed by atoms with Crippen LogP contribution < -0.4 is 4.74 Å². The van der Waals surface area contributed by atoms with Gasteiger partial charge < -0.3 is 19.6 Å². The number of ether oxygens (including phenoxy) is 1. The van der Waals surface area contributed by atoms with Crippen LogP contribution in [0.25, 0.3) is 5.76 Å². The topological polar surface area (TPSA) is 70.1 Å². The van der Waals surface area contributed by atoms with Crippen molar-refractivity contribution in [3.63, 3.8) is 0 Å². The number of aliphatic hydroxyl groups is 1. The van der Waals surface area contributed by atoms with Crippen LogP contribution in [-0.2, 0) is 9.59 Å². The van der Waals surface area contributed by atoms with Crippen LogP contribution in [0.15, 0.2) is 54.1 Å². The molecule has 3 rings (SSSR count). The number of ketones is 1. The molecule has 170 valence electrons. The number of halogens is 1. The van der Waals surface area contributed by atoms with Crippen LogP contribution in [0, 0.1) is 5.82 Å². The maximum atomic E-state index is 13.4. The lowest BCUT2D eigenvalue weighted by atomic mass is 9.95. The van der Waals surface area contributed by atoms with Gasteiger partial charge in [0.1, 0.15) is 17.3 Å². The summed E-state index contributed by atoms with van der Waals surface area (Å²) in [7, 11) is 0. The van der Waals surface area contributed by atoms with Crippen LogP contribution in [0.5, 0.6) is 5.75 Å². The third-order valence-corrected chi connectivity index (χ3v) is 5.72. The Morgan fingerprint density at radius 2 is 1.66 bits per heavy atom. The van der Waals surface area contributed by atoms with Gasteiger partial charge in [0.25, 0.3) is 11.7 Å². The Morgan fingerprint density at radius 3 is 2.22 bits per heavy atom. The molecule has 6 nitrogen and oxygen atoms in total. The number of likely N-dealkylation sites (tertiary alicyclic amines) is 1. The van der Waals surface area contributed by atoms with Crippen LogP contribution in [-0.4, -0.2) is 59.4 Å². The van der Waals surface area contributed by atoms with Gasteiger partial charge in [-0.05, 0) is 62.0 Å². The second-order valence-corrected chi connectivity index (χ2v) is 7.53. The van der Waals surface area contributed by atoms with Gasteiger partial charge in [-0.25, -0.2) is 4.39 Å². The van der Waals surface area contributed by atoms with Crippen LogP contribution in [0.4, 0.5) is 4.39 Å². The maximum absolute atomic E-state index is 13.4. The van der Waals surface area contributed by atoms with E-state index in [4.69, 9.17) is 4.74 Å². The molecule has 7 heteroatoms. The standard InChI is InChI=1S/C25H29FN2O4/c1-4-27(5-2)15-16-28-22(17-9-13-20(14-10-17)32-6-3)21(24(30)25(28)31)23(29)18-7-11-19(26)12-8-18/h7-14,22,29H,4-6,15-16H2,1-3H3/b23-21+. The summed E-state index contributed by atoms with van der Waals surface area (Å²) < 4.78 is 18.9. The molecule has 0 saturated carbocycles. The molecule has 0 spiro atoms. The first-order valence-corrected chi connectivity index (χ1v) is 10.9. The summed E-state index contributed by atoms with van der Waals surface area (Å²) in [6, 6.07) is 11.6. The number of likely N-dealkylation sites (N-methyl/N-ethyl adjacent to an activating group) is 1. The molecule has 1 atom stereocenters. The SMILES string of the molecule is CCOc1ccc(C2/C(=C(\O)c3ccc(F)cc3)C(=O)C(=O)N2CCN(CC)CC)cc1. The van der Waals surface area contributed by atoms with Gasteiger partial charge >= 0.3 is 0 Å². The summed E-state index contributed by atoms with van der Waals surface area (Å²) in [6.45, 7) is 9.07. The van der Waals surface area contributed by atoms with E-state index in [1.54, 1.807) is 24.3 Å². The summed E-state index contributed by atoms with van der Waals surface area (Å²) in [4.78, 5) is 29.7. The minimum absolute atomic E-state index is 0.00492. The highest BCUT2D eigenvalue weighted by Gasteiger charge is 2.45. The van der Waals surface area contributed by atoms with Crippen LogP contribution >= 0.6 is 0 Å². The second kappa shape index (κ2) is 10.4. The van der Waals surface area contributed by atoms with Gasteiger partial charge in [-0.3, -0.25) is 9.59 Å². The Morgan fingerprint density at radius 1 is 1.03 bits per heavy atom. The van der Waals surface area contributed by atoms with E-state index in [-0.39, 0.29) is 16.9 Å². The van der Waals surface area contributed by atoms with Gasteiger partial charge in [0.15, 0.2) is 0 Å². The normalized spacial score (nSPS) is 17.9. The number of carbonyl (C=O) groups is 2. The molecule has 2 aromatic carbocycles. The zero-order valence-electron chi connectivity index (χ0n) is 18.7. The number of carbonyl (C=O) groups excluding carboxylic acids is 2. The van der Waals surface area contributed by atoms with Crippen LogP contribution in [0.3, 0.4) is 0 Å². The van der Waals surface area contributed by atoms with E-state index in [9.17, 15) is 19.1 Å². The van der Waals surface area contributed by atoms with E-state index in [0.29, 0.717) is 31.0 Å².